The summed E-state index contributed by atoms with van der Waals surface area (Å²) in [5.74, 6) is -2.69. The summed E-state index contributed by atoms with van der Waals surface area (Å²) in [7, 11) is -4.53. The van der Waals surface area contributed by atoms with Crippen LogP contribution >= 0.6 is 23.2 Å². The van der Waals surface area contributed by atoms with Crippen LogP contribution in [0.5, 0.6) is 0 Å². The first-order valence-corrected chi connectivity index (χ1v) is 15.9. The molecule has 0 aliphatic heterocycles. The lowest BCUT2D eigenvalue weighted by molar-refractivity contribution is -0.163. The van der Waals surface area contributed by atoms with Crippen molar-refractivity contribution < 1.29 is 41.4 Å². The highest BCUT2D eigenvalue weighted by atomic mass is 35.5. The molecule has 244 valence electrons. The number of nitrogens with one attached hydrogen (secondary N) is 2. The van der Waals surface area contributed by atoms with Crippen molar-refractivity contribution in [3.05, 3.63) is 63.9 Å². The molecule has 16 heteroatoms. The van der Waals surface area contributed by atoms with E-state index < -0.39 is 63.6 Å². The number of primary amides is 1. The molecule has 0 saturated heterocycles. The number of ether oxygens (including phenoxy) is 3. The van der Waals surface area contributed by atoms with Crippen LogP contribution in [0, 0.1) is 5.82 Å². The van der Waals surface area contributed by atoms with Crippen LogP contribution in [-0.2, 0) is 40.2 Å². The van der Waals surface area contributed by atoms with Crippen LogP contribution in [0.2, 0.25) is 10.0 Å². The number of halogens is 3. The van der Waals surface area contributed by atoms with Gasteiger partial charge in [0, 0.05) is 35.7 Å². The molecule has 12 nitrogen and oxygen atoms in total. The zero-order chi connectivity index (χ0) is 33.0. The average Bonchev–Trinajstić information content (AvgIpc) is 2.94. The van der Waals surface area contributed by atoms with Gasteiger partial charge in [-0.05, 0) is 63.6 Å². The molecule has 3 amide bonds. The molecular weight excluding hydrogens is 642 g/mol. The van der Waals surface area contributed by atoms with Gasteiger partial charge in [0.1, 0.15) is 16.8 Å². The Bertz CT molecular complexity index is 1380. The van der Waals surface area contributed by atoms with Gasteiger partial charge in [-0.15, -0.1) is 0 Å². The molecule has 0 aliphatic rings. The molecule has 0 aromatic heterocycles. The van der Waals surface area contributed by atoms with E-state index in [0.29, 0.717) is 23.8 Å². The Labute approximate surface area is 266 Å². The molecule has 0 heterocycles. The number of hydrogen-bond donors (Lipinski definition) is 3. The minimum Gasteiger partial charge on any atom is -0.435 e. The highest BCUT2D eigenvalue weighted by molar-refractivity contribution is 7.89. The standard InChI is InChI=1S/C28H37Cl2FN4O8S/c1-5-41-25(42-6-2)16-35(17(3)4)27(37)22(13-18-7-9-19(29)10-8-18)34-26(36)23(43-28(32)38)15-33-44(39,40)24-12-11-20(30)14-21(24)31/h7-12,14,17,22-23,25,33H,5-6,13,15-16H2,1-4H3,(H2,32,38)(H,34,36). The van der Waals surface area contributed by atoms with E-state index in [4.69, 9.17) is 43.1 Å². The van der Waals surface area contributed by atoms with Gasteiger partial charge in [0.25, 0.3) is 5.91 Å². The number of benzene rings is 2. The SMILES string of the molecule is CCOC(CN(C(=O)C(Cc1ccc(Cl)cc1)NC(=O)C(CNS(=O)(=O)c1ccc(Cl)cc1F)OC(N)=O)C(C)C)OCC. The maximum absolute atomic E-state index is 14.3. The maximum atomic E-state index is 14.3. The van der Waals surface area contributed by atoms with Crippen molar-refractivity contribution in [2.75, 3.05) is 26.3 Å². The van der Waals surface area contributed by atoms with Crippen LogP contribution in [0.4, 0.5) is 9.18 Å². The van der Waals surface area contributed by atoms with Crippen LogP contribution in [0.1, 0.15) is 33.3 Å². The molecule has 0 fully saturated rings. The second-order valence-electron chi connectivity index (χ2n) is 9.67. The minimum absolute atomic E-state index is 0.0100. The van der Waals surface area contributed by atoms with Crippen molar-refractivity contribution in [2.45, 2.75) is 63.5 Å². The molecule has 2 unspecified atom stereocenters. The van der Waals surface area contributed by atoms with Gasteiger partial charge in [-0.25, -0.2) is 22.3 Å². The molecule has 44 heavy (non-hydrogen) atoms. The highest BCUT2D eigenvalue weighted by Crippen LogP contribution is 2.19. The Morgan fingerprint density at radius 3 is 2.11 bits per heavy atom. The summed E-state index contributed by atoms with van der Waals surface area (Å²) < 4.78 is 58.0. The topological polar surface area (TPSA) is 166 Å². The second-order valence-corrected chi connectivity index (χ2v) is 12.3. The summed E-state index contributed by atoms with van der Waals surface area (Å²) in [6, 6.07) is 7.90. The average molecular weight is 680 g/mol. The zero-order valence-electron chi connectivity index (χ0n) is 24.7. The first-order chi connectivity index (χ1) is 20.7. The van der Waals surface area contributed by atoms with E-state index in [-0.39, 0.29) is 24.0 Å². The first-order valence-electron chi connectivity index (χ1n) is 13.7. The molecule has 2 aromatic rings. The molecule has 0 spiro atoms. The normalized spacial score (nSPS) is 13.0. The van der Waals surface area contributed by atoms with E-state index in [1.165, 1.54) is 11.0 Å². The van der Waals surface area contributed by atoms with Crippen LogP contribution in [0.15, 0.2) is 47.4 Å². The third-order valence-corrected chi connectivity index (χ3v) is 8.06. The van der Waals surface area contributed by atoms with Gasteiger partial charge < -0.3 is 30.2 Å². The molecule has 2 aromatic carbocycles. The van der Waals surface area contributed by atoms with Crippen molar-refractivity contribution in [1.29, 1.82) is 0 Å². The predicted octanol–water partition coefficient (Wildman–Crippen LogP) is 3.24. The number of carbonyl (C=O) groups is 3. The number of nitrogens with zero attached hydrogens (tertiary/aromatic N) is 1. The fourth-order valence-electron chi connectivity index (χ4n) is 4.05. The van der Waals surface area contributed by atoms with Crippen LogP contribution in [0.25, 0.3) is 0 Å². The third-order valence-electron chi connectivity index (χ3n) is 6.12. The van der Waals surface area contributed by atoms with Gasteiger partial charge in [-0.3, -0.25) is 9.59 Å². The Morgan fingerprint density at radius 1 is 1.00 bits per heavy atom. The molecule has 0 saturated carbocycles. The molecule has 2 atom stereocenters. The predicted molar refractivity (Wildman–Crippen MR) is 162 cm³/mol. The van der Waals surface area contributed by atoms with Crippen molar-refractivity contribution >= 4 is 51.1 Å². The van der Waals surface area contributed by atoms with E-state index in [0.717, 1.165) is 12.1 Å². The Balaban J connectivity index is 2.37. The Morgan fingerprint density at radius 2 is 1.59 bits per heavy atom. The van der Waals surface area contributed by atoms with Gasteiger partial charge in [0.2, 0.25) is 15.9 Å². The maximum Gasteiger partial charge on any atom is 0.405 e. The monoisotopic (exact) mass is 678 g/mol. The smallest absolute Gasteiger partial charge is 0.405 e. The summed E-state index contributed by atoms with van der Waals surface area (Å²) >= 11 is 11.7. The fraction of sp³-hybridized carbons (Fsp3) is 0.464. The van der Waals surface area contributed by atoms with Gasteiger partial charge in [0.15, 0.2) is 12.4 Å². The van der Waals surface area contributed by atoms with Crippen LogP contribution in [0.3, 0.4) is 0 Å². The molecule has 0 radical (unpaired) electrons. The number of nitrogens with two attached hydrogens (primary N) is 1. The van der Waals surface area contributed by atoms with E-state index in [1.807, 2.05) is 4.72 Å². The molecule has 4 N–H and O–H groups in total. The van der Waals surface area contributed by atoms with Crippen molar-refractivity contribution in [1.82, 2.24) is 14.9 Å². The van der Waals surface area contributed by atoms with Crippen LogP contribution < -0.4 is 15.8 Å². The third kappa shape index (κ3) is 11.5. The van der Waals surface area contributed by atoms with Gasteiger partial charge >= 0.3 is 6.09 Å². The number of rotatable bonds is 17. The lowest BCUT2D eigenvalue weighted by atomic mass is 10.0. The summed E-state index contributed by atoms with van der Waals surface area (Å²) in [4.78, 5) is 39.7. The summed E-state index contributed by atoms with van der Waals surface area (Å²) in [5, 5.41) is 2.98. The number of sulfonamides is 1. The quantitative estimate of drug-likeness (QED) is 0.215. The van der Waals surface area contributed by atoms with Gasteiger partial charge in [-0.2, -0.15) is 0 Å². The van der Waals surface area contributed by atoms with Crippen LogP contribution in [-0.4, -0.2) is 82.0 Å². The lowest BCUT2D eigenvalue weighted by Crippen LogP contribution is -2.56. The van der Waals surface area contributed by atoms with E-state index in [1.54, 1.807) is 52.0 Å². The highest BCUT2D eigenvalue weighted by Gasteiger charge is 2.34. The molecule has 0 aliphatic carbocycles. The minimum atomic E-state index is -4.53. The summed E-state index contributed by atoms with van der Waals surface area (Å²) in [5.41, 5.74) is 5.78. The fourth-order valence-corrected chi connectivity index (χ4v) is 5.42. The molecule has 0 bridgehead atoms. The van der Waals surface area contributed by atoms with Gasteiger partial charge in [-0.1, -0.05) is 35.3 Å². The summed E-state index contributed by atoms with van der Waals surface area (Å²) in [6.07, 6.45) is -3.96. The molecular formula is C28H37Cl2FN4O8S. The second kappa shape index (κ2) is 17.5. The number of hydrogen-bond acceptors (Lipinski definition) is 8. The number of carbonyl (C=O) groups excluding carboxylic acids is 3. The van der Waals surface area contributed by atoms with Crippen molar-refractivity contribution in [3.63, 3.8) is 0 Å². The zero-order valence-corrected chi connectivity index (χ0v) is 27.0. The van der Waals surface area contributed by atoms with Crippen molar-refractivity contribution in [3.8, 4) is 0 Å². The van der Waals surface area contributed by atoms with E-state index in [9.17, 15) is 27.2 Å². The first kappa shape index (κ1) is 37.2. The Hall–Kier alpha value is -3.01. The van der Waals surface area contributed by atoms with E-state index >= 15 is 0 Å². The Kier molecular flexibility index (Phi) is 14.8. The van der Waals surface area contributed by atoms with E-state index in [2.05, 4.69) is 5.32 Å². The van der Waals surface area contributed by atoms with Gasteiger partial charge in [0.05, 0.1) is 13.1 Å². The van der Waals surface area contributed by atoms with Crippen molar-refractivity contribution in [2.24, 2.45) is 5.73 Å². The largest absolute Gasteiger partial charge is 0.435 e. The lowest BCUT2D eigenvalue weighted by Gasteiger charge is -2.34. The molecule has 2 rings (SSSR count). The summed E-state index contributed by atoms with van der Waals surface area (Å²) in [6.45, 7) is 6.99. The number of amides is 3.